The molecular formula is C25H20ClFN6OS. The average Bonchev–Trinajstić information content (AvgIpc) is 3.26. The zero-order valence-electron chi connectivity index (χ0n) is 18.6. The summed E-state index contributed by atoms with van der Waals surface area (Å²) in [6, 6.07) is 16.9. The summed E-state index contributed by atoms with van der Waals surface area (Å²) >= 11 is 7.45. The maximum absolute atomic E-state index is 14.1. The Hall–Kier alpha value is -3.69. The lowest BCUT2D eigenvalue weighted by Gasteiger charge is -2.28. The molecule has 176 valence electrons. The molecule has 2 aromatic heterocycles. The first-order chi connectivity index (χ1) is 17.0. The van der Waals surface area contributed by atoms with E-state index in [-0.39, 0.29) is 11.7 Å². The maximum atomic E-state index is 14.1. The number of fused-ring (bicyclic) bond motifs is 1. The molecule has 10 heteroatoms. The second-order valence-electron chi connectivity index (χ2n) is 7.86. The number of pyridine rings is 1. The van der Waals surface area contributed by atoms with Crippen LogP contribution < -0.4 is 10.6 Å². The number of halogens is 2. The van der Waals surface area contributed by atoms with Crippen molar-refractivity contribution in [3.63, 3.8) is 0 Å². The Balaban J connectivity index is 1.49. The molecule has 5 rings (SSSR count). The van der Waals surface area contributed by atoms with Gasteiger partial charge in [0.1, 0.15) is 11.9 Å². The van der Waals surface area contributed by atoms with Crippen molar-refractivity contribution < 1.29 is 9.18 Å². The van der Waals surface area contributed by atoms with Crippen LogP contribution in [0.3, 0.4) is 0 Å². The number of hydrogen-bond acceptors (Lipinski definition) is 6. The fourth-order valence-corrected chi connectivity index (χ4v) is 4.77. The highest BCUT2D eigenvalue weighted by Crippen LogP contribution is 2.37. The molecule has 0 radical (unpaired) electrons. The predicted octanol–water partition coefficient (Wildman–Crippen LogP) is 5.69. The van der Waals surface area contributed by atoms with E-state index in [1.165, 1.54) is 17.8 Å². The summed E-state index contributed by atoms with van der Waals surface area (Å²) in [4.78, 5) is 22.1. The van der Waals surface area contributed by atoms with Crippen molar-refractivity contribution in [1.82, 2.24) is 19.7 Å². The number of benzene rings is 2. The Morgan fingerprint density at radius 2 is 1.97 bits per heavy atom. The van der Waals surface area contributed by atoms with Gasteiger partial charge >= 0.3 is 0 Å². The van der Waals surface area contributed by atoms with Gasteiger partial charge in [0.15, 0.2) is 0 Å². The van der Waals surface area contributed by atoms with Crippen molar-refractivity contribution in [2.75, 3.05) is 10.6 Å². The monoisotopic (exact) mass is 506 g/mol. The van der Waals surface area contributed by atoms with Gasteiger partial charge in [0, 0.05) is 22.7 Å². The van der Waals surface area contributed by atoms with Crippen molar-refractivity contribution in [2.45, 2.75) is 23.9 Å². The Kier molecular flexibility index (Phi) is 6.52. The third kappa shape index (κ3) is 4.91. The topological polar surface area (TPSA) is 84.7 Å². The minimum Gasteiger partial charge on any atom is -0.328 e. The highest BCUT2D eigenvalue weighted by Gasteiger charge is 2.34. The van der Waals surface area contributed by atoms with E-state index in [4.69, 9.17) is 11.6 Å². The van der Waals surface area contributed by atoms with E-state index in [1.54, 1.807) is 59.5 Å². The number of carbonyl (C=O) groups excluding carboxylic acids is 1. The van der Waals surface area contributed by atoms with Crippen LogP contribution in [0, 0.1) is 5.82 Å². The van der Waals surface area contributed by atoms with Gasteiger partial charge in [0.05, 0.1) is 17.5 Å². The molecule has 0 saturated carbocycles. The van der Waals surface area contributed by atoms with E-state index in [1.807, 2.05) is 19.1 Å². The van der Waals surface area contributed by atoms with Gasteiger partial charge in [-0.05, 0) is 48.4 Å². The van der Waals surface area contributed by atoms with E-state index in [9.17, 15) is 9.18 Å². The van der Waals surface area contributed by atoms with E-state index < -0.39 is 6.04 Å². The number of allylic oxidation sites excluding steroid dienone is 1. The highest BCUT2D eigenvalue weighted by molar-refractivity contribution is 7.98. The fourth-order valence-electron chi connectivity index (χ4n) is 3.83. The second-order valence-corrected chi connectivity index (χ2v) is 9.24. The third-order valence-corrected chi connectivity index (χ3v) is 6.64. The van der Waals surface area contributed by atoms with Crippen LogP contribution in [-0.4, -0.2) is 25.7 Å². The van der Waals surface area contributed by atoms with Gasteiger partial charge in [-0.2, -0.15) is 4.98 Å². The first-order valence-corrected chi connectivity index (χ1v) is 12.1. The zero-order chi connectivity index (χ0) is 24.4. The summed E-state index contributed by atoms with van der Waals surface area (Å²) < 4.78 is 15.7. The molecule has 0 unspecified atom stereocenters. The number of nitrogens with one attached hydrogen (secondary N) is 2. The molecular weight excluding hydrogens is 487 g/mol. The fraction of sp³-hybridized carbons (Fsp3) is 0.120. The Morgan fingerprint density at radius 1 is 1.17 bits per heavy atom. The molecule has 1 atom stereocenters. The minimum absolute atomic E-state index is 0.270. The Labute approximate surface area is 210 Å². The molecule has 1 aliphatic heterocycles. The van der Waals surface area contributed by atoms with Gasteiger partial charge in [-0.1, -0.05) is 53.7 Å². The summed E-state index contributed by atoms with van der Waals surface area (Å²) in [7, 11) is 0. The number of nitrogens with zero attached hydrogens (tertiary/aromatic N) is 4. The van der Waals surface area contributed by atoms with Crippen LogP contribution in [0.25, 0.3) is 0 Å². The minimum atomic E-state index is -0.546. The molecule has 3 heterocycles. The van der Waals surface area contributed by atoms with Crippen LogP contribution >= 0.6 is 23.4 Å². The van der Waals surface area contributed by atoms with Gasteiger partial charge < -0.3 is 10.6 Å². The zero-order valence-corrected chi connectivity index (χ0v) is 20.1. The molecule has 4 aromatic rings. The summed E-state index contributed by atoms with van der Waals surface area (Å²) in [5.74, 6) is 0.316. The molecule has 0 saturated heterocycles. The van der Waals surface area contributed by atoms with Crippen LogP contribution in [0.1, 0.15) is 24.1 Å². The first-order valence-electron chi connectivity index (χ1n) is 10.8. The summed E-state index contributed by atoms with van der Waals surface area (Å²) in [6.07, 6.45) is 3.22. The standard InChI is InChI=1S/C25H20ClFN6OS/c1-15-21(23(34)30-19-6-4-12-28-13-19)22(16-8-10-18(26)11-9-16)33-24(29-15)31-25(32-33)35-14-17-5-2-3-7-20(17)27/h2-13,22H,14H2,1H3,(H,30,34)(H,29,31,32)/t22-/m0/s1. The number of hydrogen-bond donors (Lipinski definition) is 2. The van der Waals surface area contributed by atoms with Crippen LogP contribution in [0.2, 0.25) is 5.02 Å². The van der Waals surface area contributed by atoms with Crippen molar-refractivity contribution >= 4 is 40.9 Å². The Bertz CT molecular complexity index is 1410. The van der Waals surface area contributed by atoms with Crippen molar-refractivity contribution in [2.24, 2.45) is 0 Å². The molecule has 0 aliphatic carbocycles. The lowest BCUT2D eigenvalue weighted by molar-refractivity contribution is -0.113. The summed E-state index contributed by atoms with van der Waals surface area (Å²) in [5, 5.41) is 11.8. The largest absolute Gasteiger partial charge is 0.328 e. The lowest BCUT2D eigenvalue weighted by atomic mass is 9.95. The smallest absolute Gasteiger partial charge is 0.255 e. The van der Waals surface area contributed by atoms with E-state index in [0.717, 1.165) is 5.56 Å². The highest BCUT2D eigenvalue weighted by atomic mass is 35.5. The van der Waals surface area contributed by atoms with Crippen molar-refractivity contribution in [3.8, 4) is 0 Å². The Morgan fingerprint density at radius 3 is 2.71 bits per heavy atom. The van der Waals surface area contributed by atoms with Crippen LogP contribution in [0.5, 0.6) is 0 Å². The van der Waals surface area contributed by atoms with E-state index in [0.29, 0.717) is 44.4 Å². The average molecular weight is 507 g/mol. The molecule has 2 N–H and O–H groups in total. The van der Waals surface area contributed by atoms with Crippen LogP contribution in [0.15, 0.2) is 89.5 Å². The molecule has 0 spiro atoms. The maximum Gasteiger partial charge on any atom is 0.255 e. The van der Waals surface area contributed by atoms with Gasteiger partial charge in [-0.15, -0.1) is 5.10 Å². The molecule has 0 fully saturated rings. The van der Waals surface area contributed by atoms with Crippen LogP contribution in [0.4, 0.5) is 16.0 Å². The van der Waals surface area contributed by atoms with Gasteiger partial charge in [-0.25, -0.2) is 9.07 Å². The molecule has 1 aliphatic rings. The SMILES string of the molecule is CC1=C(C(=O)Nc2cccnc2)[C@H](c2ccc(Cl)cc2)n2nc(SCc3ccccc3F)nc2N1. The molecule has 2 aromatic carbocycles. The quantitative estimate of drug-likeness (QED) is 0.327. The van der Waals surface area contributed by atoms with Crippen LogP contribution in [-0.2, 0) is 10.5 Å². The van der Waals surface area contributed by atoms with Crippen molar-refractivity contribution in [3.05, 3.63) is 106 Å². The van der Waals surface area contributed by atoms with Gasteiger partial charge in [0.2, 0.25) is 11.1 Å². The lowest BCUT2D eigenvalue weighted by Crippen LogP contribution is -2.31. The first kappa shape index (κ1) is 23.1. The number of rotatable bonds is 6. The third-order valence-electron chi connectivity index (χ3n) is 5.50. The van der Waals surface area contributed by atoms with E-state index >= 15 is 0 Å². The number of thioether (sulfide) groups is 1. The second kappa shape index (κ2) is 9.89. The predicted molar refractivity (Wildman–Crippen MR) is 135 cm³/mol. The summed E-state index contributed by atoms with van der Waals surface area (Å²) in [5.41, 5.74) is 3.11. The van der Waals surface area contributed by atoms with Crippen molar-refractivity contribution in [1.29, 1.82) is 0 Å². The molecule has 7 nitrogen and oxygen atoms in total. The number of carbonyl (C=O) groups is 1. The number of amides is 1. The molecule has 35 heavy (non-hydrogen) atoms. The summed E-state index contributed by atoms with van der Waals surface area (Å²) in [6.45, 7) is 1.82. The number of aromatic nitrogens is 4. The van der Waals surface area contributed by atoms with Gasteiger partial charge in [-0.3, -0.25) is 9.78 Å². The van der Waals surface area contributed by atoms with Gasteiger partial charge in [0.25, 0.3) is 5.91 Å². The van der Waals surface area contributed by atoms with E-state index in [2.05, 4.69) is 25.7 Å². The number of anilines is 2. The normalized spacial score (nSPS) is 14.9. The molecule has 1 amide bonds. The molecule has 0 bridgehead atoms.